The van der Waals surface area contributed by atoms with E-state index in [1.807, 2.05) is 20.8 Å². The zero-order chi connectivity index (χ0) is 14.2. The predicted molar refractivity (Wildman–Crippen MR) is 72.8 cm³/mol. The molecular formula is C12H26NO4P. The predicted octanol–water partition coefficient (Wildman–Crippen LogP) is 2.80. The summed E-state index contributed by atoms with van der Waals surface area (Å²) in [5.74, 6) is -0.0398. The van der Waals surface area contributed by atoms with Crippen LogP contribution in [0.4, 0.5) is 0 Å². The van der Waals surface area contributed by atoms with E-state index in [0.29, 0.717) is 26.2 Å². The van der Waals surface area contributed by atoms with Crippen molar-refractivity contribution in [1.29, 1.82) is 0 Å². The molecular weight excluding hydrogens is 253 g/mol. The Balaban J connectivity index is 4.07. The summed E-state index contributed by atoms with van der Waals surface area (Å²) in [6.45, 7) is 10.5. The van der Waals surface area contributed by atoms with Crippen molar-refractivity contribution in [3.63, 3.8) is 0 Å². The monoisotopic (exact) mass is 279 g/mol. The van der Waals surface area contributed by atoms with E-state index in [1.165, 1.54) is 0 Å². The van der Waals surface area contributed by atoms with Gasteiger partial charge in [-0.2, -0.15) is 0 Å². The van der Waals surface area contributed by atoms with Gasteiger partial charge in [0.25, 0.3) is 0 Å². The Labute approximate surface area is 110 Å². The Bertz CT molecular complexity index is 289. The highest BCUT2D eigenvalue weighted by atomic mass is 31.2. The molecule has 1 N–H and O–H groups in total. The fourth-order valence-electron chi connectivity index (χ4n) is 1.44. The normalized spacial score (nSPS) is 12.5. The van der Waals surface area contributed by atoms with Crippen LogP contribution in [-0.4, -0.2) is 31.8 Å². The van der Waals surface area contributed by atoms with Crippen molar-refractivity contribution >= 4 is 13.5 Å². The molecule has 1 amide bonds. The first kappa shape index (κ1) is 17.6. The van der Waals surface area contributed by atoms with Crippen LogP contribution in [0.15, 0.2) is 0 Å². The van der Waals surface area contributed by atoms with E-state index in [0.717, 1.165) is 0 Å². The standard InChI is InChI=1S/C12H26NO4P/c1-6-16-18(15,17-7-2)9-8-13-11(14)10-12(3,4)5/h6-10H2,1-5H3,(H,13,14). The van der Waals surface area contributed by atoms with Gasteiger partial charge in [0.15, 0.2) is 0 Å². The molecule has 0 rings (SSSR count). The lowest BCUT2D eigenvalue weighted by Crippen LogP contribution is -2.30. The number of hydrogen-bond donors (Lipinski definition) is 1. The van der Waals surface area contributed by atoms with Crippen LogP contribution >= 0.6 is 7.60 Å². The summed E-state index contributed by atoms with van der Waals surface area (Å²) < 4.78 is 22.4. The molecule has 6 heteroatoms. The molecule has 0 atom stereocenters. The summed E-state index contributed by atoms with van der Waals surface area (Å²) in [6.07, 6.45) is 0.658. The van der Waals surface area contributed by atoms with E-state index in [9.17, 15) is 9.36 Å². The summed E-state index contributed by atoms with van der Waals surface area (Å²) in [5.41, 5.74) is -0.0480. The van der Waals surface area contributed by atoms with Crippen LogP contribution in [0, 0.1) is 5.41 Å². The minimum absolute atomic E-state index is 0.0398. The summed E-state index contributed by atoms with van der Waals surface area (Å²) >= 11 is 0. The number of carbonyl (C=O) groups is 1. The lowest BCUT2D eigenvalue weighted by Gasteiger charge is -2.19. The Morgan fingerprint density at radius 2 is 1.67 bits per heavy atom. The van der Waals surface area contributed by atoms with E-state index < -0.39 is 7.60 Å². The molecule has 0 aliphatic rings. The van der Waals surface area contributed by atoms with Gasteiger partial charge in [-0.25, -0.2) is 0 Å². The minimum Gasteiger partial charge on any atom is -0.355 e. The molecule has 0 bridgehead atoms. The average molecular weight is 279 g/mol. The van der Waals surface area contributed by atoms with Crippen LogP contribution in [0.25, 0.3) is 0 Å². The van der Waals surface area contributed by atoms with Gasteiger partial charge in [-0.1, -0.05) is 20.8 Å². The average Bonchev–Trinajstić information content (AvgIpc) is 2.14. The number of nitrogens with one attached hydrogen (secondary N) is 1. The molecule has 108 valence electrons. The zero-order valence-corrected chi connectivity index (χ0v) is 13.0. The number of amides is 1. The Hall–Kier alpha value is -0.380. The molecule has 0 unspecified atom stereocenters. The topological polar surface area (TPSA) is 64.6 Å². The van der Waals surface area contributed by atoms with E-state index >= 15 is 0 Å². The molecule has 0 aliphatic carbocycles. The quantitative estimate of drug-likeness (QED) is 0.694. The van der Waals surface area contributed by atoms with Gasteiger partial charge in [0, 0.05) is 13.0 Å². The van der Waals surface area contributed by atoms with Crippen LogP contribution in [-0.2, 0) is 18.4 Å². The van der Waals surface area contributed by atoms with E-state index in [2.05, 4.69) is 5.32 Å². The van der Waals surface area contributed by atoms with Crippen molar-refractivity contribution in [3.05, 3.63) is 0 Å². The molecule has 5 nitrogen and oxygen atoms in total. The molecule has 0 saturated heterocycles. The van der Waals surface area contributed by atoms with Gasteiger partial charge in [0.1, 0.15) is 0 Å². The van der Waals surface area contributed by atoms with Crippen molar-refractivity contribution in [1.82, 2.24) is 5.32 Å². The molecule has 18 heavy (non-hydrogen) atoms. The SMILES string of the molecule is CCOP(=O)(CCNC(=O)CC(C)(C)C)OCC. The summed E-state index contributed by atoms with van der Waals surface area (Å²) in [7, 11) is -3.04. The van der Waals surface area contributed by atoms with Crippen molar-refractivity contribution in [2.24, 2.45) is 5.41 Å². The number of carbonyl (C=O) groups excluding carboxylic acids is 1. The van der Waals surface area contributed by atoms with Crippen molar-refractivity contribution < 1.29 is 18.4 Å². The Morgan fingerprint density at radius 3 is 2.06 bits per heavy atom. The van der Waals surface area contributed by atoms with Gasteiger partial charge in [-0.05, 0) is 19.3 Å². The molecule has 0 radical (unpaired) electrons. The fourth-order valence-corrected chi connectivity index (χ4v) is 2.94. The highest BCUT2D eigenvalue weighted by Gasteiger charge is 2.23. The Kier molecular flexibility index (Phi) is 7.76. The highest BCUT2D eigenvalue weighted by Crippen LogP contribution is 2.47. The van der Waals surface area contributed by atoms with Crippen LogP contribution in [0.1, 0.15) is 41.0 Å². The third kappa shape index (κ3) is 8.67. The van der Waals surface area contributed by atoms with Gasteiger partial charge in [-0.15, -0.1) is 0 Å². The van der Waals surface area contributed by atoms with Gasteiger partial charge < -0.3 is 14.4 Å². The maximum Gasteiger partial charge on any atom is 0.332 e. The van der Waals surface area contributed by atoms with Crippen LogP contribution in [0.2, 0.25) is 0 Å². The molecule has 0 saturated carbocycles. The molecule has 0 aromatic carbocycles. The van der Waals surface area contributed by atoms with E-state index in [1.54, 1.807) is 13.8 Å². The number of rotatable bonds is 8. The van der Waals surface area contributed by atoms with Crippen molar-refractivity contribution in [3.8, 4) is 0 Å². The molecule has 0 aromatic rings. The van der Waals surface area contributed by atoms with E-state index in [-0.39, 0.29) is 17.5 Å². The Morgan fingerprint density at radius 1 is 1.17 bits per heavy atom. The first-order chi connectivity index (χ1) is 8.22. The van der Waals surface area contributed by atoms with Gasteiger partial charge in [0.05, 0.1) is 19.4 Å². The number of hydrogen-bond acceptors (Lipinski definition) is 4. The first-order valence-corrected chi connectivity index (χ1v) is 8.10. The third-order valence-corrected chi connectivity index (χ3v) is 4.12. The second-order valence-electron chi connectivity index (χ2n) is 5.26. The summed E-state index contributed by atoms with van der Waals surface area (Å²) in [4.78, 5) is 11.6. The second-order valence-corrected chi connectivity index (χ2v) is 7.44. The molecule has 0 spiro atoms. The largest absolute Gasteiger partial charge is 0.355 e. The fraction of sp³-hybridized carbons (Fsp3) is 0.917. The maximum absolute atomic E-state index is 12.1. The van der Waals surface area contributed by atoms with Crippen molar-refractivity contribution in [2.45, 2.75) is 41.0 Å². The van der Waals surface area contributed by atoms with Crippen LogP contribution in [0.3, 0.4) is 0 Å². The minimum atomic E-state index is -3.04. The molecule has 0 heterocycles. The van der Waals surface area contributed by atoms with Crippen LogP contribution in [0.5, 0.6) is 0 Å². The lowest BCUT2D eigenvalue weighted by atomic mass is 9.92. The molecule has 0 aromatic heterocycles. The smallest absolute Gasteiger partial charge is 0.332 e. The van der Waals surface area contributed by atoms with Crippen LogP contribution < -0.4 is 5.32 Å². The molecule has 0 aliphatic heterocycles. The van der Waals surface area contributed by atoms with Gasteiger partial charge in [0.2, 0.25) is 5.91 Å². The highest BCUT2D eigenvalue weighted by molar-refractivity contribution is 7.53. The first-order valence-electron chi connectivity index (χ1n) is 6.37. The van der Waals surface area contributed by atoms with E-state index in [4.69, 9.17) is 9.05 Å². The summed E-state index contributed by atoms with van der Waals surface area (Å²) in [6, 6.07) is 0. The second kappa shape index (κ2) is 7.93. The third-order valence-electron chi connectivity index (χ3n) is 2.05. The summed E-state index contributed by atoms with van der Waals surface area (Å²) in [5, 5.41) is 2.74. The lowest BCUT2D eigenvalue weighted by molar-refractivity contribution is -0.122. The maximum atomic E-state index is 12.1. The zero-order valence-electron chi connectivity index (χ0n) is 12.1. The van der Waals surface area contributed by atoms with Gasteiger partial charge in [-0.3, -0.25) is 9.36 Å². The van der Waals surface area contributed by atoms with Gasteiger partial charge >= 0.3 is 7.60 Å². The molecule has 0 fully saturated rings. The van der Waals surface area contributed by atoms with Crippen molar-refractivity contribution in [2.75, 3.05) is 25.9 Å².